The van der Waals surface area contributed by atoms with Crippen LogP contribution in [0.15, 0.2) is 34.9 Å². The lowest BCUT2D eigenvalue weighted by Gasteiger charge is -2.15. The van der Waals surface area contributed by atoms with Crippen LogP contribution >= 0.6 is 0 Å². The molecule has 0 fully saturated rings. The van der Waals surface area contributed by atoms with Crippen LogP contribution in [0.1, 0.15) is 22.6 Å². The van der Waals surface area contributed by atoms with Crippen LogP contribution in [0, 0.1) is 33.5 Å². The van der Waals surface area contributed by atoms with E-state index in [1.54, 1.807) is 25.1 Å². The normalized spacial score (nSPS) is 10.8. The summed E-state index contributed by atoms with van der Waals surface area (Å²) in [5.41, 5.74) is 4.32. The molecule has 2 aromatic carbocycles. The summed E-state index contributed by atoms with van der Waals surface area (Å²) in [7, 11) is 1.46. The number of aryl methyl sites for hydroxylation is 4. The van der Waals surface area contributed by atoms with Crippen molar-refractivity contribution in [3.05, 3.63) is 58.7 Å². The molecule has 0 atom stereocenters. The van der Waals surface area contributed by atoms with Crippen LogP contribution in [-0.2, 0) is 9.53 Å². The van der Waals surface area contributed by atoms with E-state index in [9.17, 15) is 9.18 Å². The maximum atomic E-state index is 14.3. The highest BCUT2D eigenvalue weighted by Gasteiger charge is 2.15. The van der Waals surface area contributed by atoms with Crippen molar-refractivity contribution in [1.29, 1.82) is 0 Å². The molecule has 6 nitrogen and oxygen atoms in total. The second-order valence-electron chi connectivity index (χ2n) is 6.90. The van der Waals surface area contributed by atoms with Gasteiger partial charge in [0.15, 0.2) is 0 Å². The van der Waals surface area contributed by atoms with Crippen LogP contribution in [0.5, 0.6) is 11.5 Å². The van der Waals surface area contributed by atoms with Gasteiger partial charge in [-0.3, -0.25) is 4.79 Å². The number of nitrogens with one attached hydrogen (secondary N) is 1. The van der Waals surface area contributed by atoms with E-state index in [2.05, 4.69) is 10.5 Å². The fraction of sp³-hybridized carbons (Fsp3) is 0.273. The zero-order chi connectivity index (χ0) is 21.1. The smallest absolute Gasteiger partial charge is 0.250 e. The minimum absolute atomic E-state index is 0.0237. The lowest BCUT2D eigenvalue weighted by atomic mass is 10.0. The number of ether oxygens (including phenoxy) is 2. The van der Waals surface area contributed by atoms with Crippen LogP contribution in [0.25, 0.3) is 11.1 Å². The van der Waals surface area contributed by atoms with E-state index in [-0.39, 0.29) is 12.5 Å². The summed E-state index contributed by atoms with van der Waals surface area (Å²) in [6.45, 7) is 7.30. The van der Waals surface area contributed by atoms with Gasteiger partial charge < -0.3 is 19.3 Å². The molecule has 0 aliphatic carbocycles. The van der Waals surface area contributed by atoms with Gasteiger partial charge in [0.2, 0.25) is 5.91 Å². The average Bonchev–Trinajstić information content (AvgIpc) is 2.96. The fourth-order valence-corrected chi connectivity index (χ4v) is 3.29. The molecule has 1 amide bonds. The lowest BCUT2D eigenvalue weighted by Crippen LogP contribution is -2.17. The number of methoxy groups -OCH3 is 1. The van der Waals surface area contributed by atoms with Gasteiger partial charge in [0, 0.05) is 24.4 Å². The highest BCUT2D eigenvalue weighted by Crippen LogP contribution is 2.35. The summed E-state index contributed by atoms with van der Waals surface area (Å²) in [6, 6.07) is 8.10. The first kappa shape index (κ1) is 20.5. The van der Waals surface area contributed by atoms with Crippen molar-refractivity contribution in [2.24, 2.45) is 0 Å². The van der Waals surface area contributed by atoms with Gasteiger partial charge in [0.1, 0.15) is 29.7 Å². The zero-order valence-corrected chi connectivity index (χ0v) is 17.1. The molecule has 1 aromatic heterocycles. The molecule has 3 rings (SSSR count). The predicted octanol–water partition coefficient (Wildman–Crippen LogP) is 5.09. The largest absolute Gasteiger partial charge is 0.457 e. The van der Waals surface area contributed by atoms with Gasteiger partial charge in [0.05, 0.1) is 5.69 Å². The Kier molecular flexibility index (Phi) is 5.98. The van der Waals surface area contributed by atoms with E-state index >= 15 is 0 Å². The van der Waals surface area contributed by atoms with Gasteiger partial charge in [-0.1, -0.05) is 5.16 Å². The summed E-state index contributed by atoms with van der Waals surface area (Å²) < 4.78 is 30.3. The van der Waals surface area contributed by atoms with Crippen LogP contribution in [-0.4, -0.2) is 24.8 Å². The maximum Gasteiger partial charge on any atom is 0.250 e. The van der Waals surface area contributed by atoms with Gasteiger partial charge >= 0.3 is 0 Å². The predicted molar refractivity (Wildman–Crippen MR) is 108 cm³/mol. The van der Waals surface area contributed by atoms with Crippen molar-refractivity contribution in [2.75, 3.05) is 19.0 Å². The van der Waals surface area contributed by atoms with Crippen molar-refractivity contribution < 1.29 is 23.2 Å². The molecular weight excluding hydrogens is 375 g/mol. The molecule has 0 unspecified atom stereocenters. The summed E-state index contributed by atoms with van der Waals surface area (Å²) in [5.74, 6) is 0.917. The first-order valence-corrected chi connectivity index (χ1v) is 9.10. The Labute approximate surface area is 168 Å². The second-order valence-corrected chi connectivity index (χ2v) is 6.90. The zero-order valence-electron chi connectivity index (χ0n) is 17.1. The van der Waals surface area contributed by atoms with Crippen LogP contribution in [0.3, 0.4) is 0 Å². The van der Waals surface area contributed by atoms with E-state index in [1.807, 2.05) is 20.8 Å². The van der Waals surface area contributed by atoms with Crippen molar-refractivity contribution >= 4 is 11.6 Å². The third kappa shape index (κ3) is 4.63. The first-order valence-electron chi connectivity index (χ1n) is 9.10. The number of halogens is 1. The number of carbonyl (C=O) groups is 1. The monoisotopic (exact) mass is 398 g/mol. The average molecular weight is 398 g/mol. The van der Waals surface area contributed by atoms with Gasteiger partial charge in [-0.05, 0) is 68.7 Å². The molecule has 0 radical (unpaired) electrons. The third-order valence-electron chi connectivity index (χ3n) is 4.43. The van der Waals surface area contributed by atoms with E-state index in [0.717, 1.165) is 16.7 Å². The number of hydrogen-bond donors (Lipinski definition) is 1. The number of carbonyl (C=O) groups excluding carboxylic acids is 1. The molecule has 0 saturated heterocycles. The van der Waals surface area contributed by atoms with Gasteiger partial charge in [-0.25, -0.2) is 4.39 Å². The second kappa shape index (κ2) is 8.45. The van der Waals surface area contributed by atoms with Gasteiger partial charge in [0.25, 0.3) is 0 Å². The van der Waals surface area contributed by atoms with Crippen molar-refractivity contribution in [3.8, 4) is 22.6 Å². The van der Waals surface area contributed by atoms with Crippen molar-refractivity contribution in [3.63, 3.8) is 0 Å². The van der Waals surface area contributed by atoms with Crippen molar-refractivity contribution in [2.45, 2.75) is 27.7 Å². The van der Waals surface area contributed by atoms with Crippen LogP contribution in [0.2, 0.25) is 0 Å². The Balaban J connectivity index is 1.91. The van der Waals surface area contributed by atoms with Gasteiger partial charge in [-0.15, -0.1) is 0 Å². The van der Waals surface area contributed by atoms with E-state index < -0.39 is 5.82 Å². The Morgan fingerprint density at radius 1 is 1.10 bits per heavy atom. The quantitative estimate of drug-likeness (QED) is 0.626. The molecule has 7 heteroatoms. The topological polar surface area (TPSA) is 73.6 Å². The molecule has 1 heterocycles. The summed E-state index contributed by atoms with van der Waals surface area (Å²) >= 11 is 0. The minimum Gasteiger partial charge on any atom is -0.457 e. The van der Waals surface area contributed by atoms with Crippen molar-refractivity contribution in [1.82, 2.24) is 5.16 Å². The van der Waals surface area contributed by atoms with E-state index in [1.165, 1.54) is 19.2 Å². The summed E-state index contributed by atoms with van der Waals surface area (Å²) in [5, 5.41) is 6.70. The fourth-order valence-electron chi connectivity index (χ4n) is 3.29. The minimum atomic E-state index is -0.420. The molecular formula is C22H23FN2O4. The SMILES string of the molecule is COCC(=O)Nc1cc(C)c(Oc2cc(F)cc(-c3c(C)noc3C)c2)c(C)c1. The number of aromatic nitrogens is 1. The molecule has 0 saturated carbocycles. The number of nitrogens with zero attached hydrogens (tertiary/aromatic N) is 1. The molecule has 29 heavy (non-hydrogen) atoms. The van der Waals surface area contributed by atoms with E-state index in [0.29, 0.717) is 34.2 Å². The molecule has 3 aromatic rings. The van der Waals surface area contributed by atoms with Crippen LogP contribution < -0.4 is 10.1 Å². The van der Waals surface area contributed by atoms with Gasteiger partial charge in [-0.2, -0.15) is 0 Å². The molecule has 0 bridgehead atoms. The number of anilines is 1. The first-order chi connectivity index (χ1) is 13.8. The molecule has 0 aliphatic rings. The molecule has 0 spiro atoms. The Hall–Kier alpha value is -3.19. The number of amides is 1. The highest BCUT2D eigenvalue weighted by molar-refractivity contribution is 5.92. The number of hydrogen-bond acceptors (Lipinski definition) is 5. The van der Waals surface area contributed by atoms with Crippen LogP contribution in [0.4, 0.5) is 10.1 Å². The Morgan fingerprint density at radius 2 is 1.79 bits per heavy atom. The summed E-state index contributed by atoms with van der Waals surface area (Å²) in [6.07, 6.45) is 0. The summed E-state index contributed by atoms with van der Waals surface area (Å²) in [4.78, 5) is 11.7. The highest BCUT2D eigenvalue weighted by atomic mass is 19.1. The van der Waals surface area contributed by atoms with E-state index in [4.69, 9.17) is 14.0 Å². The standard InChI is InChI=1S/C22H23FN2O4/c1-12-6-18(24-20(26)11-27-5)7-13(2)22(12)28-19-9-16(8-17(23)10-19)21-14(3)25-29-15(21)4/h6-10H,11H2,1-5H3,(H,24,26). The third-order valence-corrected chi connectivity index (χ3v) is 4.43. The Morgan fingerprint density at radius 3 is 2.38 bits per heavy atom. The number of rotatable bonds is 6. The Bertz CT molecular complexity index is 1020. The maximum absolute atomic E-state index is 14.3. The molecule has 0 aliphatic heterocycles. The lowest BCUT2D eigenvalue weighted by molar-refractivity contribution is -0.119. The molecule has 152 valence electrons. The number of benzene rings is 2. The molecule has 1 N–H and O–H groups in total.